The average molecular weight is 723 g/mol. The molecule has 1 aromatic rings. The van der Waals surface area contributed by atoms with E-state index in [0.717, 1.165) is 37.9 Å². The number of hydrogen-bond acceptors (Lipinski definition) is 6. The number of allylic oxidation sites excluding steroid dienone is 4. The Hall–Kier alpha value is -0.760. The molecule has 0 aliphatic heterocycles. The minimum atomic E-state index is -3.61. The summed E-state index contributed by atoms with van der Waals surface area (Å²) in [5.74, 6) is 4.74. The van der Waals surface area contributed by atoms with Crippen LogP contribution in [-0.2, 0) is 18.4 Å². The number of carbonyl (C=O) groups excluding carboxylic acids is 1. The van der Waals surface area contributed by atoms with E-state index >= 15 is 0 Å². The highest BCUT2D eigenvalue weighted by atomic mass is 32.1. The Balaban J connectivity index is -0.00000252. The van der Waals surface area contributed by atoms with Crippen LogP contribution in [0.3, 0.4) is 0 Å². The van der Waals surface area contributed by atoms with Crippen LogP contribution >= 0.6 is 61.6 Å². The molecule has 0 saturated heterocycles. The van der Waals surface area contributed by atoms with Gasteiger partial charge in [0, 0.05) is 23.4 Å². The van der Waals surface area contributed by atoms with Crippen molar-refractivity contribution < 1.29 is 28.3 Å². The van der Waals surface area contributed by atoms with Crippen LogP contribution in [0.5, 0.6) is 5.75 Å². The largest absolute Gasteiger partial charge is 0.497 e. The van der Waals surface area contributed by atoms with E-state index in [1.54, 1.807) is 21.0 Å². The molecule has 5 atom stereocenters. The molecule has 0 spiro atoms. The van der Waals surface area contributed by atoms with Gasteiger partial charge in [-0.1, -0.05) is 52.8 Å². The highest BCUT2D eigenvalue weighted by Gasteiger charge is 2.62. The molecule has 6 nitrogen and oxygen atoms in total. The van der Waals surface area contributed by atoms with E-state index in [2.05, 4.69) is 30.6 Å². The lowest BCUT2D eigenvalue weighted by Crippen LogP contribution is -2.51. The minimum absolute atomic E-state index is 0. The summed E-state index contributed by atoms with van der Waals surface area (Å²) in [5.41, 5.74) is 6.17. The molecule has 0 heterocycles. The van der Waals surface area contributed by atoms with Gasteiger partial charge in [-0.15, -0.1) is 0 Å². The average Bonchev–Trinajstić information content (AvgIpc) is 3.17. The van der Waals surface area contributed by atoms with Crippen molar-refractivity contribution in [1.29, 1.82) is 0 Å². The molecule has 0 amide bonds. The summed E-state index contributed by atoms with van der Waals surface area (Å²) < 4.78 is 29.4. The number of ether oxygens (including phenoxy) is 1. The van der Waals surface area contributed by atoms with Crippen LogP contribution in [0.4, 0.5) is 0 Å². The maximum atomic E-state index is 13.2. The van der Waals surface area contributed by atoms with Gasteiger partial charge in [0.25, 0.3) is 0 Å². The number of benzene rings is 1. The first kappa shape index (κ1) is 48.6. The Bertz CT molecular complexity index is 1280. The molecule has 2 saturated carbocycles. The number of fused-ring (bicyclic) bond motifs is 4. The summed E-state index contributed by atoms with van der Waals surface area (Å²) >= 11 is 0. The van der Waals surface area contributed by atoms with E-state index in [1.165, 1.54) is 22.3 Å². The first-order valence-corrected chi connectivity index (χ1v) is 15.5. The van der Waals surface area contributed by atoms with Gasteiger partial charge >= 0.3 is 7.60 Å². The first-order valence-electron chi connectivity index (χ1n) is 13.9. The zero-order valence-corrected chi connectivity index (χ0v) is 29.8. The fourth-order valence-corrected chi connectivity index (χ4v) is 8.81. The molecule has 5 rings (SSSR count). The Labute approximate surface area is 301 Å². The molecule has 4 aliphatic rings. The van der Waals surface area contributed by atoms with Crippen molar-refractivity contribution in [2.75, 3.05) is 20.3 Å². The molecule has 260 valence electrons. The van der Waals surface area contributed by atoms with E-state index in [0.29, 0.717) is 18.8 Å². The summed E-state index contributed by atoms with van der Waals surface area (Å²) in [7, 11) is -1.95. The standard InChI is InChI=1S/C31H39O6P.3CH4.4H2S/c1-5-36-38(34,37-6-2)18-17-31(33)16-15-28-26-13-9-22-19-23(32)10-14-25(22)29(26)27(20-30(28,31)3)21-7-11-24(35-4)12-8-21;;;;;;;/h7-8,11-12,19,26-28,33H,5-6,9-10,13-16,20H2,1-4H3;3*1H4;4*1H2/t26-,27+,28-,30-,31+;;;;;;;/m0......./s1. The predicted octanol–water partition coefficient (Wildman–Crippen LogP) is 8.91. The lowest BCUT2D eigenvalue weighted by atomic mass is 9.51. The molecule has 1 aromatic carbocycles. The van der Waals surface area contributed by atoms with Gasteiger partial charge in [0.15, 0.2) is 5.78 Å². The normalized spacial score (nSPS) is 27.4. The molecule has 0 unspecified atom stereocenters. The molecule has 11 heteroatoms. The summed E-state index contributed by atoms with van der Waals surface area (Å²) in [5, 5.41) is 12.2. The van der Waals surface area contributed by atoms with Crippen LogP contribution in [0, 0.1) is 28.8 Å². The molecular weight excluding hydrogens is 664 g/mol. The topological polar surface area (TPSA) is 82.1 Å². The second-order valence-electron chi connectivity index (χ2n) is 11.2. The molecule has 1 N–H and O–H groups in total. The van der Waals surface area contributed by atoms with Gasteiger partial charge in [0.05, 0.1) is 20.3 Å². The number of rotatable bonds is 6. The zero-order chi connectivity index (χ0) is 27.1. The van der Waals surface area contributed by atoms with Crippen LogP contribution in [0.15, 0.2) is 47.1 Å². The third-order valence-corrected chi connectivity index (χ3v) is 11.0. The van der Waals surface area contributed by atoms with Crippen LogP contribution in [0.25, 0.3) is 0 Å². The van der Waals surface area contributed by atoms with Gasteiger partial charge in [-0.05, 0) is 99.1 Å². The van der Waals surface area contributed by atoms with E-state index < -0.39 is 18.6 Å². The summed E-state index contributed by atoms with van der Waals surface area (Å²) in [4.78, 5) is 12.3. The number of carbonyl (C=O) groups is 1. The number of methoxy groups -OCH3 is 1. The Morgan fingerprint density at radius 1 is 0.956 bits per heavy atom. The highest BCUT2D eigenvalue weighted by molar-refractivity contribution is 7.60. The van der Waals surface area contributed by atoms with E-state index in [4.69, 9.17) is 13.8 Å². The zero-order valence-electron chi connectivity index (χ0n) is 24.9. The van der Waals surface area contributed by atoms with Crippen molar-refractivity contribution in [3.63, 3.8) is 0 Å². The highest BCUT2D eigenvalue weighted by Crippen LogP contribution is 2.67. The van der Waals surface area contributed by atoms with Crippen molar-refractivity contribution in [2.24, 2.45) is 17.3 Å². The molecule has 0 aromatic heterocycles. The molecular formula is C34H59O6PS4. The monoisotopic (exact) mass is 722 g/mol. The van der Waals surface area contributed by atoms with Crippen LogP contribution in [-0.4, -0.2) is 36.8 Å². The fraction of sp³-hybridized carbons (Fsp3) is 0.618. The third kappa shape index (κ3) is 9.03. The Morgan fingerprint density at radius 2 is 1.56 bits per heavy atom. The quantitative estimate of drug-likeness (QED) is 0.233. The number of hydrogen-bond donors (Lipinski definition) is 1. The lowest BCUT2D eigenvalue weighted by molar-refractivity contribution is -0.114. The van der Waals surface area contributed by atoms with Crippen molar-refractivity contribution >= 4 is 67.4 Å². The van der Waals surface area contributed by atoms with Gasteiger partial charge in [-0.3, -0.25) is 13.8 Å². The smallest absolute Gasteiger partial charge is 0.405 e. The molecule has 0 bridgehead atoms. The van der Waals surface area contributed by atoms with E-state index in [-0.39, 0.29) is 107 Å². The summed E-state index contributed by atoms with van der Waals surface area (Å²) in [6.07, 6.45) is 7.18. The maximum absolute atomic E-state index is 13.2. The van der Waals surface area contributed by atoms with E-state index in [9.17, 15) is 14.5 Å². The third-order valence-electron chi connectivity index (χ3n) is 9.40. The van der Waals surface area contributed by atoms with Gasteiger partial charge in [-0.2, -0.15) is 54.0 Å². The van der Waals surface area contributed by atoms with Crippen molar-refractivity contribution in [2.45, 2.75) is 99.5 Å². The van der Waals surface area contributed by atoms with Crippen molar-refractivity contribution in [1.82, 2.24) is 0 Å². The van der Waals surface area contributed by atoms with Gasteiger partial charge in [-0.25, -0.2) is 4.57 Å². The van der Waals surface area contributed by atoms with Gasteiger partial charge < -0.3 is 9.84 Å². The van der Waals surface area contributed by atoms with E-state index in [1.807, 2.05) is 18.2 Å². The van der Waals surface area contributed by atoms with Gasteiger partial charge in [0.2, 0.25) is 0 Å². The van der Waals surface area contributed by atoms with Crippen LogP contribution in [0.2, 0.25) is 0 Å². The maximum Gasteiger partial charge on any atom is 0.405 e. The Morgan fingerprint density at radius 3 is 2.11 bits per heavy atom. The minimum Gasteiger partial charge on any atom is -0.497 e. The van der Waals surface area contributed by atoms with Crippen LogP contribution in [0.1, 0.15) is 99.5 Å². The molecule has 4 aliphatic carbocycles. The Kier molecular flexibility index (Phi) is 20.8. The summed E-state index contributed by atoms with van der Waals surface area (Å²) in [6.45, 7) is 6.13. The second kappa shape index (κ2) is 19.3. The van der Waals surface area contributed by atoms with Gasteiger partial charge in [0.1, 0.15) is 11.4 Å². The molecule has 45 heavy (non-hydrogen) atoms. The molecule has 2 fully saturated rings. The van der Waals surface area contributed by atoms with Crippen molar-refractivity contribution in [3.05, 3.63) is 52.6 Å². The predicted molar refractivity (Wildman–Crippen MR) is 209 cm³/mol. The number of ketones is 1. The second-order valence-corrected chi connectivity index (χ2v) is 13.0. The number of aliphatic hydroxyl groups is 1. The first-order chi connectivity index (χ1) is 18.2. The lowest BCUT2D eigenvalue weighted by Gasteiger charge is -2.53. The molecule has 0 radical (unpaired) electrons. The van der Waals surface area contributed by atoms with Crippen molar-refractivity contribution in [3.8, 4) is 17.3 Å². The fourth-order valence-electron chi connectivity index (χ4n) is 7.61. The van der Waals surface area contributed by atoms with Crippen LogP contribution < -0.4 is 4.74 Å². The summed E-state index contributed by atoms with van der Waals surface area (Å²) in [6, 6.07) is 8.24. The SMILES string of the molecule is C.C.C.CCOP(=O)(C#C[C@]1(O)CC[C@H]2[C@@H]3CCC4=CC(=O)CCC4=C3[C@@H](c3ccc(OC)cc3)C[C@@]21C)OCC.S.S.S.S.